The number of hydrogen-bond acceptors (Lipinski definition) is 2. The zero-order valence-electron chi connectivity index (χ0n) is 17.9. The summed E-state index contributed by atoms with van der Waals surface area (Å²) < 4.78 is 64.3. The van der Waals surface area contributed by atoms with E-state index < -0.39 is 29.4 Å². The predicted octanol–water partition coefficient (Wildman–Crippen LogP) is 6.74. The van der Waals surface area contributed by atoms with Gasteiger partial charge < -0.3 is 9.84 Å². The molecular formula is C26H26F4O2. The Hall–Kier alpha value is -2.18. The summed E-state index contributed by atoms with van der Waals surface area (Å²) in [6.07, 6.45) is 3.52. The molecule has 5 atom stereocenters. The number of hydrogen-bond donors (Lipinski definition) is 1. The highest BCUT2D eigenvalue weighted by molar-refractivity contribution is 5.71. The Morgan fingerprint density at radius 2 is 1.62 bits per heavy atom. The fraction of sp³-hybridized carbons (Fsp3) is 0.462. The summed E-state index contributed by atoms with van der Waals surface area (Å²) in [5.41, 5.74) is 1.56. The largest absolute Gasteiger partial charge is 0.388 e. The van der Waals surface area contributed by atoms with E-state index in [1.165, 1.54) is 6.07 Å². The van der Waals surface area contributed by atoms with Crippen LogP contribution in [0, 0.1) is 35.1 Å². The Morgan fingerprint density at radius 1 is 0.938 bits per heavy atom. The first-order valence-corrected chi connectivity index (χ1v) is 11.4. The molecule has 32 heavy (non-hydrogen) atoms. The van der Waals surface area contributed by atoms with Crippen LogP contribution in [0.5, 0.6) is 0 Å². The van der Waals surface area contributed by atoms with Crippen LogP contribution >= 0.6 is 0 Å². The van der Waals surface area contributed by atoms with Crippen molar-refractivity contribution in [1.29, 1.82) is 0 Å². The lowest BCUT2D eigenvalue weighted by atomic mass is 9.82. The smallest absolute Gasteiger partial charge is 0.166 e. The number of allylic oxidation sites excluding steroid dienone is 2. The van der Waals surface area contributed by atoms with E-state index in [2.05, 4.69) is 0 Å². The van der Waals surface area contributed by atoms with Crippen molar-refractivity contribution in [1.82, 2.24) is 0 Å². The lowest BCUT2D eigenvalue weighted by molar-refractivity contribution is 0.160. The van der Waals surface area contributed by atoms with Gasteiger partial charge >= 0.3 is 0 Å². The van der Waals surface area contributed by atoms with Crippen LogP contribution in [0.15, 0.2) is 30.3 Å². The second-order valence-electron chi connectivity index (χ2n) is 9.18. The Labute approximate surface area is 184 Å². The van der Waals surface area contributed by atoms with E-state index in [0.29, 0.717) is 44.3 Å². The number of aliphatic hydroxyl groups is 1. The van der Waals surface area contributed by atoms with Crippen LogP contribution in [0.3, 0.4) is 0 Å². The maximum Gasteiger partial charge on any atom is 0.166 e. The third-order valence-electron chi connectivity index (χ3n) is 7.40. The van der Waals surface area contributed by atoms with Crippen LogP contribution < -0.4 is 0 Å². The summed E-state index contributed by atoms with van der Waals surface area (Å²) in [6.45, 7) is 2.28. The minimum Gasteiger partial charge on any atom is -0.388 e. The molecule has 0 radical (unpaired) electrons. The molecule has 1 heterocycles. The maximum atomic E-state index is 15.0. The molecule has 0 bridgehead atoms. The average Bonchev–Trinajstić information content (AvgIpc) is 3.40. The second-order valence-corrected chi connectivity index (χ2v) is 9.18. The number of ether oxygens (including phenoxy) is 1. The number of rotatable bonds is 6. The molecule has 2 nitrogen and oxygen atoms in total. The van der Waals surface area contributed by atoms with Crippen LogP contribution in [0.1, 0.15) is 79.4 Å². The number of halogens is 4. The van der Waals surface area contributed by atoms with Gasteiger partial charge in [-0.05, 0) is 54.6 Å². The molecule has 2 fully saturated rings. The van der Waals surface area contributed by atoms with E-state index in [-0.39, 0.29) is 40.5 Å². The van der Waals surface area contributed by atoms with E-state index in [4.69, 9.17) is 4.74 Å². The highest BCUT2D eigenvalue weighted by atomic mass is 19.2. The summed E-state index contributed by atoms with van der Waals surface area (Å²) in [6, 6.07) is 6.27. The lowest BCUT2D eigenvalue weighted by Crippen LogP contribution is -2.14. The van der Waals surface area contributed by atoms with Gasteiger partial charge in [-0.15, -0.1) is 0 Å². The molecule has 2 aromatic carbocycles. The summed E-state index contributed by atoms with van der Waals surface area (Å²) >= 11 is 0. The first-order valence-electron chi connectivity index (χ1n) is 11.4. The van der Waals surface area contributed by atoms with E-state index >= 15 is 4.39 Å². The second kappa shape index (κ2) is 8.31. The van der Waals surface area contributed by atoms with Crippen molar-refractivity contribution in [2.24, 2.45) is 11.8 Å². The molecule has 5 unspecified atom stereocenters. The van der Waals surface area contributed by atoms with Crippen molar-refractivity contribution in [2.45, 2.75) is 57.2 Å². The third-order valence-corrected chi connectivity index (χ3v) is 7.40. The van der Waals surface area contributed by atoms with Crippen molar-refractivity contribution < 1.29 is 27.4 Å². The molecular weight excluding hydrogens is 420 g/mol. The van der Waals surface area contributed by atoms with E-state index in [0.717, 1.165) is 5.57 Å². The summed E-state index contributed by atoms with van der Waals surface area (Å²) in [7, 11) is 0. The molecule has 0 aromatic heterocycles. The van der Waals surface area contributed by atoms with Gasteiger partial charge in [0.05, 0.1) is 12.7 Å². The maximum absolute atomic E-state index is 15.0. The fourth-order valence-corrected chi connectivity index (χ4v) is 5.71. The SMILES string of the molecule is CCCC(O)c1ccc(C2CCC3C(c4ccc(C5CO5)c(F)c4F)=CCC32)c(F)c1F. The van der Waals surface area contributed by atoms with Gasteiger partial charge in [-0.25, -0.2) is 17.6 Å². The highest BCUT2D eigenvalue weighted by Crippen LogP contribution is 2.55. The van der Waals surface area contributed by atoms with Crippen molar-refractivity contribution in [3.8, 4) is 0 Å². The summed E-state index contributed by atoms with van der Waals surface area (Å²) in [5.74, 6) is -3.82. The molecule has 1 saturated heterocycles. The molecule has 1 N–H and O–H groups in total. The highest BCUT2D eigenvalue weighted by Gasteiger charge is 2.44. The van der Waals surface area contributed by atoms with Gasteiger partial charge in [0, 0.05) is 16.7 Å². The Balaban J connectivity index is 1.40. The van der Waals surface area contributed by atoms with Crippen molar-refractivity contribution in [2.75, 3.05) is 6.61 Å². The molecule has 170 valence electrons. The van der Waals surface area contributed by atoms with E-state index in [1.54, 1.807) is 18.2 Å². The van der Waals surface area contributed by atoms with Crippen molar-refractivity contribution in [3.63, 3.8) is 0 Å². The summed E-state index contributed by atoms with van der Waals surface area (Å²) in [4.78, 5) is 0. The van der Waals surface area contributed by atoms with Gasteiger partial charge in [0.25, 0.3) is 0 Å². The number of fused-ring (bicyclic) bond motifs is 1. The normalized spacial score (nSPS) is 27.4. The monoisotopic (exact) mass is 446 g/mol. The molecule has 1 saturated carbocycles. The predicted molar refractivity (Wildman–Crippen MR) is 113 cm³/mol. The molecule has 3 aliphatic rings. The Bertz CT molecular complexity index is 1080. The number of epoxide rings is 1. The molecule has 2 aromatic rings. The van der Waals surface area contributed by atoms with Gasteiger partial charge in [0.1, 0.15) is 6.10 Å². The minimum atomic E-state index is -1.03. The zero-order valence-corrected chi connectivity index (χ0v) is 17.9. The number of aliphatic hydroxyl groups excluding tert-OH is 1. The standard InChI is InChI=1S/C26H26F4O2/c1-2-3-21(31)19-10-8-17(23(27)25(19)29)15-6-4-14-13(15)5-7-16(14)18-9-11-20(22-12-32-22)26(30)24(18)28/h7-11,13-15,21-22,31H,2-6,12H2,1H3. The minimum absolute atomic E-state index is 0.00911. The number of benzene rings is 2. The topological polar surface area (TPSA) is 32.8 Å². The van der Waals surface area contributed by atoms with Gasteiger partial charge in [0.15, 0.2) is 23.3 Å². The van der Waals surface area contributed by atoms with Crippen LogP contribution in [-0.4, -0.2) is 11.7 Å². The van der Waals surface area contributed by atoms with Gasteiger partial charge in [-0.3, -0.25) is 0 Å². The summed E-state index contributed by atoms with van der Waals surface area (Å²) in [5, 5.41) is 10.1. The first-order chi connectivity index (χ1) is 15.4. The van der Waals surface area contributed by atoms with E-state index in [9.17, 15) is 18.3 Å². The van der Waals surface area contributed by atoms with Crippen molar-refractivity contribution >= 4 is 5.57 Å². The van der Waals surface area contributed by atoms with Crippen LogP contribution in [0.25, 0.3) is 5.57 Å². The van der Waals surface area contributed by atoms with Crippen molar-refractivity contribution in [3.05, 3.63) is 75.9 Å². The van der Waals surface area contributed by atoms with Crippen LogP contribution in [-0.2, 0) is 4.74 Å². The zero-order chi connectivity index (χ0) is 22.6. The van der Waals surface area contributed by atoms with Gasteiger partial charge in [-0.1, -0.05) is 43.7 Å². The Morgan fingerprint density at radius 3 is 2.34 bits per heavy atom. The molecule has 1 aliphatic heterocycles. The quantitative estimate of drug-likeness (QED) is 0.394. The average molecular weight is 446 g/mol. The van der Waals surface area contributed by atoms with Gasteiger partial charge in [0.2, 0.25) is 0 Å². The molecule has 0 amide bonds. The van der Waals surface area contributed by atoms with Crippen LogP contribution in [0.4, 0.5) is 17.6 Å². The lowest BCUT2D eigenvalue weighted by Gasteiger charge is -2.22. The third kappa shape index (κ3) is 3.48. The fourth-order valence-electron chi connectivity index (χ4n) is 5.71. The van der Waals surface area contributed by atoms with Crippen LogP contribution in [0.2, 0.25) is 0 Å². The van der Waals surface area contributed by atoms with E-state index in [1.807, 2.05) is 13.0 Å². The molecule has 5 rings (SSSR count). The molecule has 6 heteroatoms. The molecule has 2 aliphatic carbocycles. The molecule has 0 spiro atoms. The Kier molecular flexibility index (Phi) is 5.62. The first kappa shape index (κ1) is 21.7. The van der Waals surface area contributed by atoms with Gasteiger partial charge in [-0.2, -0.15) is 0 Å².